The Labute approximate surface area is 60.8 Å². The predicted octanol–water partition coefficient (Wildman–Crippen LogP) is 0.432. The maximum absolute atomic E-state index is 11.1. The summed E-state index contributed by atoms with van der Waals surface area (Å²) in [6.07, 6.45) is 0.232. The van der Waals surface area contributed by atoms with Gasteiger partial charge in [0.15, 0.2) is 0 Å². The minimum atomic E-state index is -3.13. The third-order valence-electron chi connectivity index (χ3n) is 1.65. The smallest absolute Gasteiger partial charge is 0.0866 e. The Bertz CT molecular complexity index is 162. The molecule has 1 saturated heterocycles. The molecule has 0 bridgehead atoms. The lowest BCUT2D eigenvalue weighted by atomic mass is 10.6. The first-order valence-electron chi connectivity index (χ1n) is 3.44. The maximum atomic E-state index is 11.1. The van der Waals surface area contributed by atoms with Crippen LogP contribution in [0.3, 0.4) is 0 Å². The fraction of sp³-hybridized carbons (Fsp3) is 1.00. The van der Waals surface area contributed by atoms with E-state index in [0.717, 1.165) is 0 Å². The standard InChI is InChI=1S/C6H13O3P/c1-5(2)10(7,8)4-6-3-9-6/h5-6H,3-4H2,1-2H3,(H,7,8)/p-1. The van der Waals surface area contributed by atoms with Crippen molar-refractivity contribution < 1.29 is 14.2 Å². The summed E-state index contributed by atoms with van der Waals surface area (Å²) in [6.45, 7) is 4.03. The Hall–Kier alpha value is 0.150. The summed E-state index contributed by atoms with van der Waals surface area (Å²) in [4.78, 5) is 11.1. The summed E-state index contributed by atoms with van der Waals surface area (Å²) < 4.78 is 16.0. The lowest BCUT2D eigenvalue weighted by Crippen LogP contribution is -2.16. The van der Waals surface area contributed by atoms with Crippen molar-refractivity contribution >= 4 is 7.37 Å². The molecule has 60 valence electrons. The lowest BCUT2D eigenvalue weighted by Gasteiger charge is -2.26. The van der Waals surface area contributed by atoms with Crippen LogP contribution in [0.5, 0.6) is 0 Å². The Morgan fingerprint density at radius 2 is 2.30 bits per heavy atom. The Morgan fingerprint density at radius 1 is 1.80 bits per heavy atom. The highest BCUT2D eigenvalue weighted by Gasteiger charge is 2.28. The molecule has 3 nitrogen and oxygen atoms in total. The number of ether oxygens (including phenoxy) is 1. The van der Waals surface area contributed by atoms with Gasteiger partial charge in [-0.25, -0.2) is 0 Å². The fourth-order valence-corrected chi connectivity index (χ4v) is 1.87. The largest absolute Gasteiger partial charge is 0.799 e. The molecular formula is C6H12O3P-. The molecule has 1 aliphatic rings. The zero-order valence-electron chi connectivity index (χ0n) is 6.24. The number of rotatable bonds is 3. The van der Waals surface area contributed by atoms with Crippen molar-refractivity contribution in [3.63, 3.8) is 0 Å². The first-order chi connectivity index (χ1) is 4.52. The van der Waals surface area contributed by atoms with E-state index in [4.69, 9.17) is 4.74 Å². The quantitative estimate of drug-likeness (QED) is 0.448. The molecule has 1 aliphatic heterocycles. The average molecular weight is 163 g/mol. The molecule has 4 heteroatoms. The molecule has 0 radical (unpaired) electrons. The lowest BCUT2D eigenvalue weighted by molar-refractivity contribution is -0.177. The van der Waals surface area contributed by atoms with Gasteiger partial charge in [0, 0.05) is 13.5 Å². The highest BCUT2D eigenvalue weighted by molar-refractivity contribution is 7.57. The highest BCUT2D eigenvalue weighted by atomic mass is 31.2. The van der Waals surface area contributed by atoms with Gasteiger partial charge in [0.05, 0.1) is 12.7 Å². The topological polar surface area (TPSA) is 52.7 Å². The van der Waals surface area contributed by atoms with Crippen LogP contribution in [0.15, 0.2) is 0 Å². The van der Waals surface area contributed by atoms with Gasteiger partial charge in [0.25, 0.3) is 0 Å². The molecule has 10 heavy (non-hydrogen) atoms. The molecular weight excluding hydrogens is 151 g/mol. The molecule has 0 aliphatic carbocycles. The van der Waals surface area contributed by atoms with Gasteiger partial charge < -0.3 is 14.2 Å². The van der Waals surface area contributed by atoms with Crippen LogP contribution in [0.4, 0.5) is 0 Å². The van der Waals surface area contributed by atoms with E-state index in [1.165, 1.54) is 0 Å². The summed E-state index contributed by atoms with van der Waals surface area (Å²) in [5, 5.41) is 0. The van der Waals surface area contributed by atoms with Gasteiger partial charge in [-0.3, -0.25) is 0 Å². The molecule has 0 amide bonds. The van der Waals surface area contributed by atoms with Gasteiger partial charge in [0.1, 0.15) is 0 Å². The van der Waals surface area contributed by atoms with Crippen LogP contribution >= 0.6 is 7.37 Å². The van der Waals surface area contributed by atoms with Crippen molar-refractivity contribution in [3.8, 4) is 0 Å². The second-order valence-electron chi connectivity index (χ2n) is 2.96. The van der Waals surface area contributed by atoms with Crippen LogP contribution in [-0.2, 0) is 9.30 Å². The molecule has 2 unspecified atom stereocenters. The van der Waals surface area contributed by atoms with Gasteiger partial charge in [-0.15, -0.1) is 0 Å². The summed E-state index contributed by atoms with van der Waals surface area (Å²) in [5.74, 6) is 0. The van der Waals surface area contributed by atoms with Gasteiger partial charge >= 0.3 is 0 Å². The van der Waals surface area contributed by atoms with Crippen molar-refractivity contribution in [1.29, 1.82) is 0 Å². The third kappa shape index (κ3) is 2.08. The zero-order chi connectivity index (χ0) is 7.78. The van der Waals surface area contributed by atoms with Crippen molar-refractivity contribution in [2.45, 2.75) is 25.6 Å². The van der Waals surface area contributed by atoms with Crippen LogP contribution < -0.4 is 4.89 Å². The molecule has 0 aromatic heterocycles. The molecule has 2 atom stereocenters. The molecule has 1 fully saturated rings. The molecule has 0 N–H and O–H groups in total. The maximum Gasteiger partial charge on any atom is 0.0866 e. The van der Waals surface area contributed by atoms with E-state index < -0.39 is 7.37 Å². The van der Waals surface area contributed by atoms with Crippen molar-refractivity contribution in [2.75, 3.05) is 12.8 Å². The normalized spacial score (nSPS) is 30.2. The van der Waals surface area contributed by atoms with Crippen molar-refractivity contribution in [2.24, 2.45) is 0 Å². The van der Waals surface area contributed by atoms with Crippen LogP contribution in [0, 0.1) is 0 Å². The van der Waals surface area contributed by atoms with E-state index in [0.29, 0.717) is 6.61 Å². The third-order valence-corrected chi connectivity index (χ3v) is 4.14. The molecule has 1 heterocycles. The minimum Gasteiger partial charge on any atom is -0.799 e. The van der Waals surface area contributed by atoms with Gasteiger partial charge in [-0.2, -0.15) is 0 Å². The molecule has 1 rings (SSSR count). The molecule has 0 saturated carbocycles. The van der Waals surface area contributed by atoms with E-state index in [1.54, 1.807) is 13.8 Å². The molecule has 0 spiro atoms. The average Bonchev–Trinajstić information content (AvgIpc) is 2.48. The number of hydrogen-bond donors (Lipinski definition) is 0. The van der Waals surface area contributed by atoms with Gasteiger partial charge in [-0.1, -0.05) is 13.8 Å². The van der Waals surface area contributed by atoms with Gasteiger partial charge in [0.2, 0.25) is 0 Å². The summed E-state index contributed by atoms with van der Waals surface area (Å²) in [5.41, 5.74) is -0.239. The Balaban J connectivity index is 2.41. The van der Waals surface area contributed by atoms with E-state index in [9.17, 15) is 9.46 Å². The highest BCUT2D eigenvalue weighted by Crippen LogP contribution is 2.43. The summed E-state index contributed by atoms with van der Waals surface area (Å²) >= 11 is 0. The fourth-order valence-electron chi connectivity index (χ4n) is 0.668. The molecule has 0 aromatic carbocycles. The van der Waals surface area contributed by atoms with Crippen LogP contribution in [0.2, 0.25) is 0 Å². The van der Waals surface area contributed by atoms with Crippen molar-refractivity contribution in [1.82, 2.24) is 0 Å². The second kappa shape index (κ2) is 2.65. The van der Waals surface area contributed by atoms with E-state index in [-0.39, 0.29) is 17.9 Å². The van der Waals surface area contributed by atoms with Crippen molar-refractivity contribution in [3.05, 3.63) is 0 Å². The van der Waals surface area contributed by atoms with E-state index in [2.05, 4.69) is 0 Å². The molecule has 0 aromatic rings. The van der Waals surface area contributed by atoms with Crippen LogP contribution in [0.25, 0.3) is 0 Å². The van der Waals surface area contributed by atoms with Crippen LogP contribution in [-0.4, -0.2) is 24.5 Å². The first kappa shape index (κ1) is 8.25. The Kier molecular flexibility index (Phi) is 2.18. The number of hydrogen-bond acceptors (Lipinski definition) is 3. The Morgan fingerprint density at radius 3 is 2.60 bits per heavy atom. The van der Waals surface area contributed by atoms with Gasteiger partial charge in [-0.05, 0) is 5.66 Å². The zero-order valence-corrected chi connectivity index (χ0v) is 7.14. The summed E-state index contributed by atoms with van der Waals surface area (Å²) in [7, 11) is -3.13. The number of epoxide rings is 1. The van der Waals surface area contributed by atoms with Crippen LogP contribution in [0.1, 0.15) is 13.8 Å². The first-order valence-corrected chi connectivity index (χ1v) is 5.31. The minimum absolute atomic E-state index is 0.00531. The predicted molar refractivity (Wildman–Crippen MR) is 37.3 cm³/mol. The van der Waals surface area contributed by atoms with E-state index >= 15 is 0 Å². The second-order valence-corrected chi connectivity index (χ2v) is 5.81. The van der Waals surface area contributed by atoms with E-state index in [1.807, 2.05) is 0 Å². The monoisotopic (exact) mass is 163 g/mol. The SMILES string of the molecule is CC(C)P(=O)([O-])CC1CO1. The summed E-state index contributed by atoms with van der Waals surface area (Å²) in [6, 6.07) is 0.